The SMILES string of the molecule is CCOc1cc2c(cc1-c1noc(Cl)n1)OC(C)C2. The summed E-state index contributed by atoms with van der Waals surface area (Å²) >= 11 is 5.67. The van der Waals surface area contributed by atoms with E-state index in [1.807, 2.05) is 26.0 Å². The van der Waals surface area contributed by atoms with Crippen LogP contribution in [0.2, 0.25) is 5.35 Å². The predicted octanol–water partition coefficient (Wildman–Crippen LogP) is 3.11. The fourth-order valence-electron chi connectivity index (χ4n) is 2.20. The van der Waals surface area contributed by atoms with Crippen molar-refractivity contribution in [2.45, 2.75) is 26.4 Å². The van der Waals surface area contributed by atoms with E-state index in [1.54, 1.807) is 0 Å². The summed E-state index contributed by atoms with van der Waals surface area (Å²) < 4.78 is 16.2. The van der Waals surface area contributed by atoms with Crippen molar-refractivity contribution >= 4 is 11.6 Å². The van der Waals surface area contributed by atoms with Crippen LogP contribution in [0.5, 0.6) is 11.5 Å². The zero-order valence-corrected chi connectivity index (χ0v) is 11.4. The Bertz CT molecular complexity index is 612. The number of hydrogen-bond acceptors (Lipinski definition) is 5. The standard InChI is InChI=1S/C13H13ClN2O3/c1-3-17-11-5-8-4-7(2)18-10(8)6-9(11)12-15-13(14)19-16-12/h5-7H,3-4H2,1-2H3. The lowest BCUT2D eigenvalue weighted by molar-refractivity contribution is 0.254. The Morgan fingerprint density at radius 2 is 2.32 bits per heavy atom. The Hall–Kier alpha value is -1.75. The number of benzene rings is 1. The first-order valence-electron chi connectivity index (χ1n) is 6.13. The fraction of sp³-hybridized carbons (Fsp3) is 0.385. The average molecular weight is 281 g/mol. The molecular formula is C13H13ClN2O3. The van der Waals surface area contributed by atoms with Gasteiger partial charge in [0, 0.05) is 12.0 Å². The third-order valence-corrected chi connectivity index (χ3v) is 3.09. The van der Waals surface area contributed by atoms with Gasteiger partial charge in [-0.25, -0.2) is 0 Å². The number of nitrogens with zero attached hydrogens (tertiary/aromatic N) is 2. The van der Waals surface area contributed by atoms with E-state index in [2.05, 4.69) is 10.1 Å². The Morgan fingerprint density at radius 1 is 1.47 bits per heavy atom. The lowest BCUT2D eigenvalue weighted by Gasteiger charge is -2.09. The average Bonchev–Trinajstić information content (AvgIpc) is 2.93. The summed E-state index contributed by atoms with van der Waals surface area (Å²) in [7, 11) is 0. The van der Waals surface area contributed by atoms with Crippen LogP contribution < -0.4 is 9.47 Å². The molecule has 1 aromatic heterocycles. The Labute approximate surface area is 115 Å². The molecule has 0 N–H and O–H groups in total. The van der Waals surface area contributed by atoms with Gasteiger partial charge in [0.25, 0.3) is 0 Å². The first-order chi connectivity index (χ1) is 9.17. The van der Waals surface area contributed by atoms with Crippen molar-refractivity contribution in [1.29, 1.82) is 0 Å². The van der Waals surface area contributed by atoms with E-state index in [0.717, 1.165) is 29.0 Å². The molecule has 1 aliphatic heterocycles. The van der Waals surface area contributed by atoms with Crippen molar-refractivity contribution < 1.29 is 14.0 Å². The highest BCUT2D eigenvalue weighted by molar-refractivity contribution is 6.27. The summed E-state index contributed by atoms with van der Waals surface area (Å²) in [6, 6.07) is 3.85. The number of halogens is 1. The summed E-state index contributed by atoms with van der Waals surface area (Å²) in [6.45, 7) is 4.53. The minimum atomic E-state index is 0.00670. The molecule has 2 aromatic rings. The highest BCUT2D eigenvalue weighted by Crippen LogP contribution is 2.39. The highest BCUT2D eigenvalue weighted by Gasteiger charge is 2.24. The molecule has 1 aromatic carbocycles. The smallest absolute Gasteiger partial charge is 0.320 e. The molecule has 1 unspecified atom stereocenters. The minimum absolute atomic E-state index is 0.00670. The van der Waals surface area contributed by atoms with Gasteiger partial charge in [-0.05, 0) is 37.6 Å². The van der Waals surface area contributed by atoms with E-state index in [-0.39, 0.29) is 11.5 Å². The highest BCUT2D eigenvalue weighted by atomic mass is 35.5. The molecule has 19 heavy (non-hydrogen) atoms. The number of rotatable bonds is 3. The first kappa shape index (κ1) is 12.3. The summed E-state index contributed by atoms with van der Waals surface area (Å²) in [5, 5.41) is 3.83. The summed E-state index contributed by atoms with van der Waals surface area (Å²) in [4.78, 5) is 4.02. The summed E-state index contributed by atoms with van der Waals surface area (Å²) in [5.74, 6) is 1.96. The Balaban J connectivity index is 2.09. The molecule has 0 amide bonds. The van der Waals surface area contributed by atoms with E-state index in [0.29, 0.717) is 12.4 Å². The molecule has 0 fully saturated rings. The largest absolute Gasteiger partial charge is 0.493 e. The molecule has 2 heterocycles. The maximum Gasteiger partial charge on any atom is 0.320 e. The van der Waals surface area contributed by atoms with Gasteiger partial charge >= 0.3 is 5.35 Å². The van der Waals surface area contributed by atoms with Crippen LogP contribution >= 0.6 is 11.6 Å². The van der Waals surface area contributed by atoms with E-state index >= 15 is 0 Å². The molecule has 3 rings (SSSR count). The lowest BCUT2D eigenvalue weighted by atomic mass is 10.1. The van der Waals surface area contributed by atoms with Gasteiger partial charge in [-0.2, -0.15) is 4.98 Å². The number of ether oxygens (including phenoxy) is 2. The number of fused-ring (bicyclic) bond motifs is 1. The van der Waals surface area contributed by atoms with Gasteiger partial charge in [-0.3, -0.25) is 0 Å². The second-order valence-electron chi connectivity index (χ2n) is 4.39. The maximum absolute atomic E-state index is 5.73. The van der Waals surface area contributed by atoms with E-state index in [9.17, 15) is 0 Å². The van der Waals surface area contributed by atoms with Crippen molar-refractivity contribution in [2.75, 3.05) is 6.61 Å². The van der Waals surface area contributed by atoms with Gasteiger partial charge in [-0.1, -0.05) is 5.16 Å². The Kier molecular flexibility index (Phi) is 3.06. The third-order valence-electron chi connectivity index (χ3n) is 2.94. The molecule has 0 saturated carbocycles. The van der Waals surface area contributed by atoms with Gasteiger partial charge in [0.05, 0.1) is 12.2 Å². The van der Waals surface area contributed by atoms with Gasteiger partial charge in [-0.15, -0.1) is 0 Å². The monoisotopic (exact) mass is 280 g/mol. The second-order valence-corrected chi connectivity index (χ2v) is 4.72. The maximum atomic E-state index is 5.73. The van der Waals surface area contributed by atoms with Gasteiger partial charge in [0.15, 0.2) is 0 Å². The zero-order valence-electron chi connectivity index (χ0n) is 10.6. The number of aromatic nitrogens is 2. The van der Waals surface area contributed by atoms with Crippen molar-refractivity contribution in [3.8, 4) is 22.9 Å². The zero-order chi connectivity index (χ0) is 13.4. The molecule has 6 heteroatoms. The van der Waals surface area contributed by atoms with Gasteiger partial charge < -0.3 is 14.0 Å². The molecular weight excluding hydrogens is 268 g/mol. The summed E-state index contributed by atoms with van der Waals surface area (Å²) in [6.07, 6.45) is 1.05. The van der Waals surface area contributed by atoms with Crippen LogP contribution in [-0.4, -0.2) is 22.9 Å². The van der Waals surface area contributed by atoms with Gasteiger partial charge in [0.2, 0.25) is 5.82 Å². The van der Waals surface area contributed by atoms with Crippen LogP contribution in [0.15, 0.2) is 16.7 Å². The normalized spacial score (nSPS) is 17.1. The van der Waals surface area contributed by atoms with Crippen LogP contribution in [0.1, 0.15) is 19.4 Å². The van der Waals surface area contributed by atoms with Crippen LogP contribution in [0.3, 0.4) is 0 Å². The van der Waals surface area contributed by atoms with Crippen LogP contribution in [0, 0.1) is 0 Å². The Morgan fingerprint density at radius 3 is 3.00 bits per heavy atom. The third kappa shape index (κ3) is 2.26. The predicted molar refractivity (Wildman–Crippen MR) is 69.7 cm³/mol. The van der Waals surface area contributed by atoms with Crippen molar-refractivity contribution in [3.63, 3.8) is 0 Å². The minimum Gasteiger partial charge on any atom is -0.493 e. The summed E-state index contributed by atoms with van der Waals surface area (Å²) in [5.41, 5.74) is 1.86. The lowest BCUT2D eigenvalue weighted by Crippen LogP contribution is -2.05. The molecule has 0 bridgehead atoms. The first-order valence-corrected chi connectivity index (χ1v) is 6.51. The molecule has 1 aliphatic rings. The number of hydrogen-bond donors (Lipinski definition) is 0. The molecule has 0 radical (unpaired) electrons. The van der Waals surface area contributed by atoms with E-state index < -0.39 is 0 Å². The fourth-order valence-corrected chi connectivity index (χ4v) is 2.32. The van der Waals surface area contributed by atoms with Crippen LogP contribution in [0.25, 0.3) is 11.4 Å². The van der Waals surface area contributed by atoms with Crippen LogP contribution in [0.4, 0.5) is 0 Å². The van der Waals surface area contributed by atoms with Crippen molar-refractivity contribution in [1.82, 2.24) is 10.1 Å². The van der Waals surface area contributed by atoms with Gasteiger partial charge in [0.1, 0.15) is 17.6 Å². The van der Waals surface area contributed by atoms with Crippen molar-refractivity contribution in [3.05, 3.63) is 23.0 Å². The molecule has 1 atom stereocenters. The molecule has 0 spiro atoms. The quantitative estimate of drug-likeness (QED) is 0.864. The topological polar surface area (TPSA) is 57.4 Å². The van der Waals surface area contributed by atoms with E-state index in [4.69, 9.17) is 25.6 Å². The van der Waals surface area contributed by atoms with E-state index in [1.165, 1.54) is 0 Å². The molecule has 100 valence electrons. The molecule has 5 nitrogen and oxygen atoms in total. The molecule has 0 aliphatic carbocycles. The van der Waals surface area contributed by atoms with Crippen molar-refractivity contribution in [2.24, 2.45) is 0 Å². The molecule has 0 saturated heterocycles. The second kappa shape index (κ2) is 4.74. The van der Waals surface area contributed by atoms with Crippen LogP contribution in [-0.2, 0) is 6.42 Å².